The number of methoxy groups -OCH3 is 1. The number of hydrogen-bond acceptors (Lipinski definition) is 4. The Labute approximate surface area is 193 Å². The van der Waals surface area contributed by atoms with Crippen molar-refractivity contribution in [1.29, 1.82) is 0 Å². The summed E-state index contributed by atoms with van der Waals surface area (Å²) in [5, 5.41) is 4.99. The molecule has 33 heavy (non-hydrogen) atoms. The van der Waals surface area contributed by atoms with Crippen LogP contribution in [0.5, 0.6) is 5.75 Å². The lowest BCUT2D eigenvalue weighted by Crippen LogP contribution is -2.35. The molecule has 1 aromatic heterocycles. The first-order chi connectivity index (χ1) is 15.8. The van der Waals surface area contributed by atoms with E-state index in [1.807, 2.05) is 30.3 Å². The number of aryl methyl sites for hydroxylation is 2. The van der Waals surface area contributed by atoms with Crippen LogP contribution in [0.25, 0.3) is 21.8 Å². The second-order valence-electron chi connectivity index (χ2n) is 7.93. The molecule has 0 bridgehead atoms. The number of benzene rings is 3. The van der Waals surface area contributed by atoms with E-state index in [1.54, 1.807) is 19.1 Å². The molecule has 0 unspecified atom stereocenters. The molecule has 0 atom stereocenters. The van der Waals surface area contributed by atoms with Gasteiger partial charge in [-0.25, -0.2) is 8.42 Å². The Balaban J connectivity index is 1.55. The summed E-state index contributed by atoms with van der Waals surface area (Å²) in [5.74, 6) is 0.194. The normalized spacial score (nSPS) is 11.9. The molecule has 0 fully saturated rings. The number of sulfonamides is 1. The van der Waals surface area contributed by atoms with Gasteiger partial charge in [-0.1, -0.05) is 18.2 Å². The van der Waals surface area contributed by atoms with E-state index < -0.39 is 15.9 Å². The van der Waals surface area contributed by atoms with Crippen LogP contribution in [0.15, 0.2) is 65.6 Å². The Kier molecular flexibility index (Phi) is 6.14. The Morgan fingerprint density at radius 2 is 1.76 bits per heavy atom. The second kappa shape index (κ2) is 8.88. The van der Waals surface area contributed by atoms with Gasteiger partial charge in [0.05, 0.1) is 18.6 Å². The molecule has 8 heteroatoms. The number of rotatable bonds is 7. The third kappa shape index (κ3) is 4.19. The van der Waals surface area contributed by atoms with Gasteiger partial charge in [0.25, 0.3) is 0 Å². The minimum Gasteiger partial charge on any atom is -0.496 e. The number of fused-ring (bicyclic) bond motifs is 3. The summed E-state index contributed by atoms with van der Waals surface area (Å²) >= 11 is 0. The van der Waals surface area contributed by atoms with E-state index in [0.29, 0.717) is 17.0 Å². The van der Waals surface area contributed by atoms with Crippen molar-refractivity contribution in [2.24, 2.45) is 0 Å². The van der Waals surface area contributed by atoms with Gasteiger partial charge in [0.1, 0.15) is 5.75 Å². The van der Waals surface area contributed by atoms with Crippen molar-refractivity contribution in [2.45, 2.75) is 25.3 Å². The minimum atomic E-state index is -3.82. The monoisotopic (exact) mass is 465 g/mol. The summed E-state index contributed by atoms with van der Waals surface area (Å²) in [6.45, 7) is 4.41. The number of aromatic nitrogens is 1. The topological polar surface area (TPSA) is 80.6 Å². The smallest absolute Gasteiger partial charge is 0.243 e. The van der Waals surface area contributed by atoms with Gasteiger partial charge in [-0.2, -0.15) is 4.31 Å². The molecule has 0 radical (unpaired) electrons. The van der Waals surface area contributed by atoms with Crippen molar-refractivity contribution in [1.82, 2.24) is 8.87 Å². The van der Waals surface area contributed by atoms with Gasteiger partial charge in [-0.15, -0.1) is 0 Å². The SMILES string of the molecule is CCn1c2ccccc2c2cc(NC(=O)CN(C)S(=O)(=O)c3ccc(OC)c(C)c3)ccc21. The van der Waals surface area contributed by atoms with E-state index in [1.165, 1.54) is 20.2 Å². The molecule has 4 rings (SSSR count). The number of carbonyl (C=O) groups is 1. The molecule has 0 saturated heterocycles. The zero-order valence-corrected chi connectivity index (χ0v) is 19.9. The number of anilines is 1. The van der Waals surface area contributed by atoms with Crippen LogP contribution in [0.4, 0.5) is 5.69 Å². The molecule has 7 nitrogen and oxygen atoms in total. The summed E-state index contributed by atoms with van der Waals surface area (Å²) < 4.78 is 34.3. The van der Waals surface area contributed by atoms with Crippen LogP contribution < -0.4 is 10.1 Å². The highest BCUT2D eigenvalue weighted by molar-refractivity contribution is 7.89. The highest BCUT2D eigenvalue weighted by Crippen LogP contribution is 2.31. The van der Waals surface area contributed by atoms with Crippen LogP contribution in [0.2, 0.25) is 0 Å². The Bertz CT molecular complexity index is 1460. The number of nitrogens with zero attached hydrogens (tertiary/aromatic N) is 2. The Morgan fingerprint density at radius 1 is 1.03 bits per heavy atom. The zero-order valence-electron chi connectivity index (χ0n) is 19.1. The van der Waals surface area contributed by atoms with Crippen LogP contribution in [-0.4, -0.2) is 43.9 Å². The third-order valence-electron chi connectivity index (χ3n) is 5.81. The first-order valence-electron chi connectivity index (χ1n) is 10.7. The molecule has 0 aliphatic carbocycles. The number of amides is 1. The number of ether oxygens (including phenoxy) is 1. The van der Waals surface area contributed by atoms with Gasteiger partial charge in [-0.05, 0) is 61.9 Å². The summed E-state index contributed by atoms with van der Waals surface area (Å²) in [7, 11) is -0.896. The number of carbonyl (C=O) groups excluding carboxylic acids is 1. The van der Waals surface area contributed by atoms with Crippen molar-refractivity contribution in [3.8, 4) is 5.75 Å². The standard InChI is InChI=1S/C25H27N3O4S/c1-5-28-22-9-7-6-8-20(22)21-15-18(10-12-23(21)28)26-25(29)16-27(3)33(30,31)19-11-13-24(32-4)17(2)14-19/h6-15H,5,16H2,1-4H3,(H,26,29). The first-order valence-corrected chi connectivity index (χ1v) is 12.1. The van der Waals surface area contributed by atoms with Gasteiger partial charge in [0.2, 0.25) is 15.9 Å². The molecule has 0 aliphatic heterocycles. The van der Waals surface area contributed by atoms with Crippen LogP contribution in [0, 0.1) is 6.92 Å². The predicted molar refractivity (Wildman–Crippen MR) is 131 cm³/mol. The number of nitrogens with one attached hydrogen (secondary N) is 1. The van der Waals surface area contributed by atoms with Gasteiger partial charge < -0.3 is 14.6 Å². The largest absolute Gasteiger partial charge is 0.496 e. The van der Waals surface area contributed by atoms with E-state index in [-0.39, 0.29) is 11.4 Å². The summed E-state index contributed by atoms with van der Waals surface area (Å²) in [5.41, 5.74) is 3.55. The van der Waals surface area contributed by atoms with E-state index in [9.17, 15) is 13.2 Å². The maximum atomic E-state index is 12.9. The number of hydrogen-bond donors (Lipinski definition) is 1. The van der Waals surface area contributed by atoms with Gasteiger partial charge in [-0.3, -0.25) is 4.79 Å². The molecular formula is C25H27N3O4S. The summed E-state index contributed by atoms with van der Waals surface area (Å²) in [6, 6.07) is 18.5. The Hall–Kier alpha value is -3.36. The van der Waals surface area contributed by atoms with Crippen LogP contribution in [-0.2, 0) is 21.4 Å². The van der Waals surface area contributed by atoms with Crippen molar-refractivity contribution >= 4 is 43.4 Å². The fraction of sp³-hybridized carbons (Fsp3) is 0.240. The molecule has 172 valence electrons. The van der Waals surface area contributed by atoms with Crippen LogP contribution in [0.3, 0.4) is 0 Å². The average molecular weight is 466 g/mol. The third-order valence-corrected chi connectivity index (χ3v) is 7.61. The number of para-hydroxylation sites is 1. The van der Waals surface area contributed by atoms with Crippen molar-refractivity contribution in [2.75, 3.05) is 26.0 Å². The molecular weight excluding hydrogens is 438 g/mol. The second-order valence-corrected chi connectivity index (χ2v) is 9.98. The quantitative estimate of drug-likeness (QED) is 0.439. The fourth-order valence-corrected chi connectivity index (χ4v) is 5.36. The van der Waals surface area contributed by atoms with Crippen molar-refractivity contribution in [3.05, 3.63) is 66.2 Å². The van der Waals surface area contributed by atoms with Crippen molar-refractivity contribution in [3.63, 3.8) is 0 Å². The molecule has 0 saturated carbocycles. The number of likely N-dealkylation sites (N-methyl/N-ethyl adjacent to an activating group) is 1. The summed E-state index contributed by atoms with van der Waals surface area (Å²) in [4.78, 5) is 12.8. The fourth-order valence-electron chi connectivity index (χ4n) is 4.15. The average Bonchev–Trinajstić information content (AvgIpc) is 3.11. The molecule has 1 amide bonds. The van der Waals surface area contributed by atoms with E-state index in [2.05, 4.69) is 28.9 Å². The van der Waals surface area contributed by atoms with E-state index >= 15 is 0 Å². The van der Waals surface area contributed by atoms with Gasteiger partial charge in [0, 0.05) is 41.1 Å². The maximum Gasteiger partial charge on any atom is 0.243 e. The lowest BCUT2D eigenvalue weighted by molar-refractivity contribution is -0.116. The minimum absolute atomic E-state index is 0.116. The summed E-state index contributed by atoms with van der Waals surface area (Å²) in [6.07, 6.45) is 0. The molecule has 1 heterocycles. The first kappa shape index (κ1) is 22.8. The highest BCUT2D eigenvalue weighted by atomic mass is 32.2. The van der Waals surface area contributed by atoms with Gasteiger partial charge >= 0.3 is 0 Å². The van der Waals surface area contributed by atoms with Crippen molar-refractivity contribution < 1.29 is 17.9 Å². The zero-order chi connectivity index (χ0) is 23.8. The lowest BCUT2D eigenvalue weighted by atomic mass is 10.1. The van der Waals surface area contributed by atoms with Crippen LogP contribution >= 0.6 is 0 Å². The molecule has 1 N–H and O–H groups in total. The Morgan fingerprint density at radius 3 is 2.45 bits per heavy atom. The maximum absolute atomic E-state index is 12.9. The lowest BCUT2D eigenvalue weighted by Gasteiger charge is -2.18. The van der Waals surface area contributed by atoms with E-state index in [4.69, 9.17) is 4.74 Å². The molecule has 0 spiro atoms. The van der Waals surface area contributed by atoms with Crippen LogP contribution in [0.1, 0.15) is 12.5 Å². The molecule has 4 aromatic rings. The molecule has 0 aliphatic rings. The van der Waals surface area contributed by atoms with E-state index in [0.717, 1.165) is 32.7 Å². The highest BCUT2D eigenvalue weighted by Gasteiger charge is 2.24. The molecule has 3 aromatic carbocycles. The predicted octanol–water partition coefficient (Wildman–Crippen LogP) is 4.39. The van der Waals surface area contributed by atoms with Gasteiger partial charge in [0.15, 0.2) is 0 Å².